The van der Waals surface area contributed by atoms with E-state index in [2.05, 4.69) is 0 Å². The molecule has 1 saturated carbocycles. The highest BCUT2D eigenvalue weighted by atomic mass is 16.8. The highest BCUT2D eigenvalue weighted by Gasteiger charge is 2.37. The number of benzene rings is 2. The summed E-state index contributed by atoms with van der Waals surface area (Å²) >= 11 is 0. The van der Waals surface area contributed by atoms with Crippen molar-refractivity contribution < 1.29 is 38.1 Å². The van der Waals surface area contributed by atoms with Crippen molar-refractivity contribution in [2.24, 2.45) is 0 Å². The molecule has 1 unspecified atom stereocenters. The van der Waals surface area contributed by atoms with Gasteiger partial charge < -0.3 is 18.9 Å². The van der Waals surface area contributed by atoms with E-state index in [1.807, 2.05) is 36.4 Å². The fraction of sp³-hybridized carbons (Fsp3) is 0.364. The number of hydrogen-bond donors (Lipinski definition) is 0. The number of Topliss-reactive ketones (excluding diaryl/α,β-unsaturated/α-hetero) is 2. The first-order chi connectivity index (χ1) is 14.3. The minimum atomic E-state index is -1.43. The Bertz CT molecular complexity index is 980. The lowest BCUT2D eigenvalue weighted by Crippen LogP contribution is -2.31. The molecule has 0 heterocycles. The number of carbonyl (C=O) groups is 4. The lowest BCUT2D eigenvalue weighted by Gasteiger charge is -2.18. The highest BCUT2D eigenvalue weighted by Crippen LogP contribution is 2.26. The van der Waals surface area contributed by atoms with Gasteiger partial charge in [-0.2, -0.15) is 0 Å². The van der Waals surface area contributed by atoms with Crippen LogP contribution >= 0.6 is 0 Å². The first-order valence-corrected chi connectivity index (χ1v) is 9.49. The summed E-state index contributed by atoms with van der Waals surface area (Å²) < 4.78 is 19.9. The minimum Gasteiger partial charge on any atom is -0.497 e. The van der Waals surface area contributed by atoms with Gasteiger partial charge in [-0.15, -0.1) is 0 Å². The zero-order chi connectivity index (χ0) is 21.8. The van der Waals surface area contributed by atoms with Crippen LogP contribution in [0.1, 0.15) is 38.2 Å². The molecule has 1 aliphatic rings. The number of ether oxygens (including phenoxy) is 4. The Kier molecular flexibility index (Phi) is 6.34. The minimum absolute atomic E-state index is 0.0391. The molecule has 1 aliphatic carbocycles. The van der Waals surface area contributed by atoms with Crippen LogP contribution in [0, 0.1) is 0 Å². The average Bonchev–Trinajstić information content (AvgIpc) is 3.04. The molecule has 0 amide bonds. The summed E-state index contributed by atoms with van der Waals surface area (Å²) in [4.78, 5) is 47.2. The Balaban J connectivity index is 1.58. The molecule has 8 nitrogen and oxygen atoms in total. The van der Waals surface area contributed by atoms with Gasteiger partial charge in [0.15, 0.2) is 11.6 Å². The maximum Gasteiger partial charge on any atom is 0.512 e. The molecular formula is C22H22O8. The zero-order valence-corrected chi connectivity index (χ0v) is 16.9. The number of carbonyl (C=O) groups excluding carboxylic acids is 4. The Morgan fingerprint density at radius 2 is 1.57 bits per heavy atom. The van der Waals surface area contributed by atoms with Crippen molar-refractivity contribution in [2.75, 3.05) is 7.11 Å². The topological polar surface area (TPSA) is 105 Å². The molecule has 3 rings (SSSR count). The summed E-state index contributed by atoms with van der Waals surface area (Å²) in [5, 5.41) is 1.90. The fourth-order valence-corrected chi connectivity index (χ4v) is 3.14. The molecule has 0 radical (unpaired) electrons. The second kappa shape index (κ2) is 8.94. The SMILES string of the molecule is COc1ccc2cc([C@H](C)C(=O)OC(C)OC(=O)OC3C(=O)CCC3=O)ccc2c1. The molecule has 0 N–H and O–H groups in total. The smallest absolute Gasteiger partial charge is 0.497 e. The summed E-state index contributed by atoms with van der Waals surface area (Å²) in [7, 11) is 1.59. The number of rotatable bonds is 6. The van der Waals surface area contributed by atoms with Gasteiger partial charge in [0.1, 0.15) is 5.75 Å². The number of esters is 1. The Labute approximate surface area is 173 Å². The first kappa shape index (κ1) is 21.3. The summed E-state index contributed by atoms with van der Waals surface area (Å²) in [5.41, 5.74) is 0.731. The van der Waals surface area contributed by atoms with Gasteiger partial charge in [-0.25, -0.2) is 4.79 Å². The van der Waals surface area contributed by atoms with E-state index < -0.39 is 42.0 Å². The average molecular weight is 414 g/mol. The molecule has 2 atom stereocenters. The quantitative estimate of drug-likeness (QED) is 0.403. The second-order valence-corrected chi connectivity index (χ2v) is 7.00. The summed E-state index contributed by atoms with van der Waals surface area (Å²) in [5.74, 6) is -1.41. The third kappa shape index (κ3) is 4.76. The van der Waals surface area contributed by atoms with Crippen molar-refractivity contribution in [3.8, 4) is 5.75 Å². The molecule has 8 heteroatoms. The van der Waals surface area contributed by atoms with Gasteiger partial charge in [-0.3, -0.25) is 14.4 Å². The predicted octanol–water partition coefficient (Wildman–Crippen LogP) is 3.29. The molecule has 0 aromatic heterocycles. The van der Waals surface area contributed by atoms with Gasteiger partial charge in [0.2, 0.25) is 12.4 Å². The van der Waals surface area contributed by atoms with Crippen molar-refractivity contribution in [1.29, 1.82) is 0 Å². The monoisotopic (exact) mass is 414 g/mol. The lowest BCUT2D eigenvalue weighted by molar-refractivity contribution is -0.171. The van der Waals surface area contributed by atoms with E-state index >= 15 is 0 Å². The summed E-state index contributed by atoms with van der Waals surface area (Å²) in [6.45, 7) is 3.02. The van der Waals surface area contributed by atoms with Crippen LogP contribution in [0.5, 0.6) is 5.75 Å². The van der Waals surface area contributed by atoms with E-state index in [1.165, 1.54) is 6.92 Å². The standard InChI is InChI=1S/C22H22O8/c1-12(14-4-5-16-11-17(27-3)7-6-15(16)10-14)21(25)28-13(2)29-22(26)30-20-18(23)8-9-19(20)24/h4-7,10-13,20H,8-9H2,1-3H3/t12-,13?/m0/s1. The molecule has 2 aromatic rings. The third-order valence-electron chi connectivity index (χ3n) is 4.89. The normalized spacial score (nSPS) is 16.2. The first-order valence-electron chi connectivity index (χ1n) is 9.49. The molecule has 0 bridgehead atoms. The number of methoxy groups -OCH3 is 1. The number of fused-ring (bicyclic) bond motifs is 1. The Morgan fingerprint density at radius 3 is 2.23 bits per heavy atom. The van der Waals surface area contributed by atoms with Crippen LogP contribution in [0.4, 0.5) is 4.79 Å². The van der Waals surface area contributed by atoms with E-state index in [0.717, 1.165) is 22.1 Å². The molecule has 1 fully saturated rings. The van der Waals surface area contributed by atoms with Crippen molar-refractivity contribution in [2.45, 2.75) is 45.0 Å². The van der Waals surface area contributed by atoms with Crippen LogP contribution in [-0.4, -0.2) is 43.2 Å². The molecular weight excluding hydrogens is 392 g/mol. The molecule has 0 aliphatic heterocycles. The van der Waals surface area contributed by atoms with E-state index in [1.54, 1.807) is 14.0 Å². The van der Waals surface area contributed by atoms with Crippen molar-refractivity contribution in [3.63, 3.8) is 0 Å². The van der Waals surface area contributed by atoms with Crippen LogP contribution < -0.4 is 4.74 Å². The van der Waals surface area contributed by atoms with Gasteiger partial charge in [0, 0.05) is 19.8 Å². The second-order valence-electron chi connectivity index (χ2n) is 7.00. The molecule has 0 spiro atoms. The van der Waals surface area contributed by atoms with Crippen molar-refractivity contribution >= 4 is 34.5 Å². The van der Waals surface area contributed by atoms with Gasteiger partial charge in [-0.1, -0.05) is 24.3 Å². The third-order valence-corrected chi connectivity index (χ3v) is 4.89. The molecule has 2 aromatic carbocycles. The van der Waals surface area contributed by atoms with Gasteiger partial charge in [-0.05, 0) is 35.4 Å². The van der Waals surface area contributed by atoms with Crippen LogP contribution in [0.3, 0.4) is 0 Å². The largest absolute Gasteiger partial charge is 0.512 e. The van der Waals surface area contributed by atoms with Gasteiger partial charge >= 0.3 is 12.1 Å². The summed E-state index contributed by atoms with van der Waals surface area (Å²) in [6, 6.07) is 11.2. The highest BCUT2D eigenvalue weighted by molar-refractivity contribution is 6.12. The number of ketones is 2. The van der Waals surface area contributed by atoms with Crippen molar-refractivity contribution in [1.82, 2.24) is 0 Å². The van der Waals surface area contributed by atoms with E-state index in [9.17, 15) is 19.2 Å². The maximum atomic E-state index is 12.4. The Hall–Kier alpha value is -3.42. The van der Waals surface area contributed by atoms with Crippen molar-refractivity contribution in [3.05, 3.63) is 42.0 Å². The fourth-order valence-electron chi connectivity index (χ4n) is 3.14. The van der Waals surface area contributed by atoms with E-state index in [4.69, 9.17) is 18.9 Å². The van der Waals surface area contributed by atoms with Crippen LogP contribution in [0.2, 0.25) is 0 Å². The van der Waals surface area contributed by atoms with Crippen LogP contribution in [0.15, 0.2) is 36.4 Å². The number of hydrogen-bond acceptors (Lipinski definition) is 8. The van der Waals surface area contributed by atoms with Gasteiger partial charge in [0.05, 0.1) is 13.0 Å². The van der Waals surface area contributed by atoms with Gasteiger partial charge in [0.25, 0.3) is 0 Å². The molecule has 30 heavy (non-hydrogen) atoms. The molecule has 158 valence electrons. The lowest BCUT2D eigenvalue weighted by atomic mass is 9.98. The van der Waals surface area contributed by atoms with Crippen LogP contribution in [-0.2, 0) is 28.6 Å². The van der Waals surface area contributed by atoms with E-state index in [0.29, 0.717) is 0 Å². The molecule has 0 saturated heterocycles. The Morgan fingerprint density at radius 1 is 0.933 bits per heavy atom. The zero-order valence-electron chi connectivity index (χ0n) is 16.9. The van der Waals surface area contributed by atoms with Crippen LogP contribution in [0.25, 0.3) is 10.8 Å². The van der Waals surface area contributed by atoms with E-state index in [-0.39, 0.29) is 12.8 Å². The summed E-state index contributed by atoms with van der Waals surface area (Å²) in [6.07, 6.45) is -3.84. The predicted molar refractivity (Wildman–Crippen MR) is 105 cm³/mol. The maximum absolute atomic E-state index is 12.4.